The van der Waals surface area contributed by atoms with Crippen molar-refractivity contribution in [3.05, 3.63) is 66.9 Å². The summed E-state index contributed by atoms with van der Waals surface area (Å²) in [5, 5.41) is 0. The molecule has 0 saturated heterocycles. The van der Waals surface area contributed by atoms with Crippen LogP contribution in [0, 0.1) is 0 Å². The van der Waals surface area contributed by atoms with E-state index in [-0.39, 0.29) is 11.3 Å². The first-order chi connectivity index (χ1) is 9.40. The average molecular weight is 337 g/mol. The zero-order valence-corrected chi connectivity index (χ0v) is 12.7. The van der Waals surface area contributed by atoms with E-state index in [2.05, 4.69) is 15.9 Å². The second-order valence-electron chi connectivity index (χ2n) is 4.50. The molecule has 0 unspecified atom stereocenters. The number of benzene rings is 1. The van der Waals surface area contributed by atoms with Crippen LogP contribution in [0.2, 0.25) is 0 Å². The fraction of sp³-hybridized carbons (Fsp3) is 0.214. The van der Waals surface area contributed by atoms with Crippen molar-refractivity contribution in [3.8, 4) is 0 Å². The third-order valence-electron chi connectivity index (χ3n) is 2.97. The van der Waals surface area contributed by atoms with Gasteiger partial charge in [-0.25, -0.2) is 4.79 Å². The highest BCUT2D eigenvalue weighted by atomic mass is 79.9. The molecule has 1 aromatic heterocycles. The maximum atomic E-state index is 12.1. The van der Waals surface area contributed by atoms with E-state index in [1.807, 2.05) is 24.3 Å². The summed E-state index contributed by atoms with van der Waals surface area (Å²) in [5.74, 6) is -0.353. The smallest absolute Gasteiger partial charge is 0.295 e. The van der Waals surface area contributed by atoms with Gasteiger partial charge in [0, 0.05) is 17.7 Å². The first-order valence-corrected chi connectivity index (χ1v) is 6.75. The van der Waals surface area contributed by atoms with Gasteiger partial charge in [0.1, 0.15) is 0 Å². The lowest BCUT2D eigenvalue weighted by molar-refractivity contribution is 0.101. The highest BCUT2D eigenvalue weighted by Gasteiger charge is 2.12. The minimum absolute atomic E-state index is 0.0158. The van der Waals surface area contributed by atoms with Gasteiger partial charge in [0.2, 0.25) is 0 Å². The van der Waals surface area contributed by atoms with Crippen LogP contribution in [-0.2, 0) is 13.6 Å². The van der Waals surface area contributed by atoms with Crippen LogP contribution in [-0.4, -0.2) is 14.9 Å². The Bertz CT molecular complexity index is 790. The minimum Gasteiger partial charge on any atom is -0.295 e. The average Bonchev–Trinajstić information content (AvgIpc) is 2.39. The number of Topliss-reactive ketones (excluding diaryl/α,β-unsaturated/α-hetero) is 1. The number of halogens is 1. The lowest BCUT2D eigenvalue weighted by atomic mass is 10.2. The molecular formula is C14H13BrN2O3. The van der Waals surface area contributed by atoms with Crippen LogP contribution in [0.25, 0.3) is 0 Å². The molecule has 0 fully saturated rings. The highest BCUT2D eigenvalue weighted by Crippen LogP contribution is 2.12. The van der Waals surface area contributed by atoms with E-state index in [1.165, 1.54) is 24.7 Å². The van der Waals surface area contributed by atoms with Crippen molar-refractivity contribution in [1.82, 2.24) is 9.13 Å². The topological polar surface area (TPSA) is 61.1 Å². The van der Waals surface area contributed by atoms with Crippen LogP contribution < -0.4 is 11.2 Å². The molecule has 6 heteroatoms. The number of hydrogen-bond donors (Lipinski definition) is 0. The summed E-state index contributed by atoms with van der Waals surface area (Å²) < 4.78 is 3.22. The molecule has 0 saturated carbocycles. The van der Waals surface area contributed by atoms with Crippen molar-refractivity contribution in [1.29, 1.82) is 0 Å². The van der Waals surface area contributed by atoms with E-state index < -0.39 is 11.2 Å². The van der Waals surface area contributed by atoms with Crippen LogP contribution in [0.4, 0.5) is 0 Å². The van der Waals surface area contributed by atoms with Gasteiger partial charge in [0.05, 0.1) is 12.1 Å². The van der Waals surface area contributed by atoms with Crippen LogP contribution in [0.5, 0.6) is 0 Å². The summed E-state index contributed by atoms with van der Waals surface area (Å²) in [5.41, 5.74) is -0.0929. The summed E-state index contributed by atoms with van der Waals surface area (Å²) >= 11 is 3.36. The fourth-order valence-corrected chi connectivity index (χ4v) is 2.36. The van der Waals surface area contributed by atoms with Crippen molar-refractivity contribution in [2.75, 3.05) is 0 Å². The summed E-state index contributed by atoms with van der Waals surface area (Å²) in [4.78, 5) is 35.3. The Morgan fingerprint density at radius 2 is 2.00 bits per heavy atom. The molecule has 2 rings (SSSR count). The molecule has 104 valence electrons. The Labute approximate surface area is 123 Å². The molecule has 0 aliphatic rings. The fourth-order valence-electron chi connectivity index (χ4n) is 1.91. The molecule has 0 bridgehead atoms. The van der Waals surface area contributed by atoms with Crippen molar-refractivity contribution in [2.45, 2.75) is 13.5 Å². The molecule has 0 aliphatic heterocycles. The van der Waals surface area contributed by atoms with E-state index >= 15 is 0 Å². The Kier molecular flexibility index (Phi) is 4.04. The van der Waals surface area contributed by atoms with Gasteiger partial charge in [-0.05, 0) is 24.6 Å². The van der Waals surface area contributed by atoms with E-state index in [4.69, 9.17) is 0 Å². The molecule has 0 aliphatic carbocycles. The Morgan fingerprint density at radius 3 is 2.60 bits per heavy atom. The lowest BCUT2D eigenvalue weighted by Gasteiger charge is -2.09. The van der Waals surface area contributed by atoms with Crippen molar-refractivity contribution in [3.63, 3.8) is 0 Å². The van der Waals surface area contributed by atoms with Gasteiger partial charge >= 0.3 is 5.69 Å². The number of aromatic nitrogens is 2. The summed E-state index contributed by atoms with van der Waals surface area (Å²) in [7, 11) is 1.37. The highest BCUT2D eigenvalue weighted by molar-refractivity contribution is 9.10. The molecule has 1 aromatic carbocycles. The largest absolute Gasteiger partial charge is 0.331 e. The maximum absolute atomic E-state index is 12.1. The van der Waals surface area contributed by atoms with Crippen LogP contribution in [0.1, 0.15) is 22.8 Å². The van der Waals surface area contributed by atoms with Gasteiger partial charge < -0.3 is 0 Å². The van der Waals surface area contributed by atoms with Crippen molar-refractivity contribution >= 4 is 21.7 Å². The zero-order valence-electron chi connectivity index (χ0n) is 11.1. The molecule has 0 N–H and O–H groups in total. The summed E-state index contributed by atoms with van der Waals surface area (Å²) in [6.45, 7) is 1.61. The lowest BCUT2D eigenvalue weighted by Crippen LogP contribution is -2.40. The molecule has 5 nitrogen and oxygen atoms in total. The van der Waals surface area contributed by atoms with Crippen molar-refractivity contribution in [2.24, 2.45) is 7.05 Å². The number of rotatable bonds is 3. The Balaban J connectivity index is 2.55. The predicted molar refractivity (Wildman–Crippen MR) is 79.2 cm³/mol. The van der Waals surface area contributed by atoms with Gasteiger partial charge in [0.25, 0.3) is 5.56 Å². The third-order valence-corrected chi connectivity index (χ3v) is 3.47. The first-order valence-electron chi connectivity index (χ1n) is 5.96. The number of hydrogen-bond acceptors (Lipinski definition) is 3. The molecule has 0 atom stereocenters. The quantitative estimate of drug-likeness (QED) is 0.799. The molecule has 0 radical (unpaired) electrons. The van der Waals surface area contributed by atoms with Gasteiger partial charge in [-0.1, -0.05) is 28.1 Å². The first kappa shape index (κ1) is 14.5. The number of nitrogens with zero attached hydrogens (tertiary/aromatic N) is 2. The van der Waals surface area contributed by atoms with Crippen LogP contribution in [0.3, 0.4) is 0 Å². The normalized spacial score (nSPS) is 10.6. The molecule has 0 spiro atoms. The Hall–Kier alpha value is -1.95. The second kappa shape index (κ2) is 5.58. The van der Waals surface area contributed by atoms with Gasteiger partial charge in [-0.15, -0.1) is 0 Å². The van der Waals surface area contributed by atoms with E-state index in [0.29, 0.717) is 6.54 Å². The Morgan fingerprint density at radius 1 is 1.30 bits per heavy atom. The van der Waals surface area contributed by atoms with Gasteiger partial charge in [-0.3, -0.25) is 18.7 Å². The summed E-state index contributed by atoms with van der Waals surface area (Å²) in [6, 6.07) is 7.49. The van der Waals surface area contributed by atoms with E-state index in [9.17, 15) is 14.4 Å². The minimum atomic E-state index is -0.562. The monoisotopic (exact) mass is 336 g/mol. The SMILES string of the molecule is CC(=O)c1cn(Cc2cccc(Br)c2)c(=O)n(C)c1=O. The van der Waals surface area contributed by atoms with Crippen molar-refractivity contribution < 1.29 is 4.79 Å². The van der Waals surface area contributed by atoms with E-state index in [1.54, 1.807) is 0 Å². The molecule has 2 aromatic rings. The van der Waals surface area contributed by atoms with Gasteiger partial charge in [-0.2, -0.15) is 0 Å². The van der Waals surface area contributed by atoms with Gasteiger partial charge in [0.15, 0.2) is 5.78 Å². The molecule has 1 heterocycles. The number of carbonyl (C=O) groups is 1. The number of carbonyl (C=O) groups excluding carboxylic acids is 1. The van der Waals surface area contributed by atoms with Crippen LogP contribution >= 0.6 is 15.9 Å². The molecular weight excluding hydrogens is 324 g/mol. The zero-order chi connectivity index (χ0) is 14.9. The standard InChI is InChI=1S/C14H13BrN2O3/c1-9(18)12-8-17(14(20)16(2)13(12)19)7-10-4-3-5-11(15)6-10/h3-6,8H,7H2,1-2H3. The van der Waals surface area contributed by atoms with Crippen LogP contribution in [0.15, 0.2) is 44.5 Å². The predicted octanol–water partition coefficient (Wildman–Crippen LogP) is 1.56. The number of ketones is 1. The molecule has 0 amide bonds. The van der Waals surface area contributed by atoms with E-state index in [0.717, 1.165) is 14.6 Å². The molecule has 20 heavy (non-hydrogen) atoms. The second-order valence-corrected chi connectivity index (χ2v) is 5.42. The third kappa shape index (κ3) is 2.80. The maximum Gasteiger partial charge on any atom is 0.331 e. The summed E-state index contributed by atoms with van der Waals surface area (Å²) in [6.07, 6.45) is 1.33.